The van der Waals surface area contributed by atoms with E-state index in [4.69, 9.17) is 0 Å². The number of hydrogen-bond acceptors (Lipinski definition) is 2. The molecule has 1 N–H and O–H groups in total. The number of carbonyl (C=O) groups excluding carboxylic acids is 1. The molecule has 4 nitrogen and oxygen atoms in total. The van der Waals surface area contributed by atoms with Gasteiger partial charge >= 0.3 is 0 Å². The number of aromatic nitrogens is 1. The molecule has 32 heavy (non-hydrogen) atoms. The minimum absolute atomic E-state index is 0.0279. The van der Waals surface area contributed by atoms with Crippen LogP contribution >= 0.6 is 0 Å². The molecule has 0 atom stereocenters. The van der Waals surface area contributed by atoms with Gasteiger partial charge in [-0.1, -0.05) is 49.6 Å². The Labute approximate surface area is 192 Å². The summed E-state index contributed by atoms with van der Waals surface area (Å²) < 4.78 is 2.35. The third-order valence-corrected chi connectivity index (χ3v) is 7.26. The van der Waals surface area contributed by atoms with Crippen LogP contribution in [0.25, 0.3) is 10.9 Å². The summed E-state index contributed by atoms with van der Waals surface area (Å²) in [5.74, 6) is 0.0279. The van der Waals surface area contributed by atoms with Gasteiger partial charge in [-0.05, 0) is 76.0 Å². The van der Waals surface area contributed by atoms with Gasteiger partial charge in [0.1, 0.15) is 0 Å². The number of nitrogens with zero attached hydrogens (tertiary/aromatic N) is 2. The molecule has 170 valence electrons. The van der Waals surface area contributed by atoms with Crippen LogP contribution in [-0.4, -0.2) is 41.6 Å². The Kier molecular flexibility index (Phi) is 7.31. The number of aryl methyl sites for hydroxylation is 1. The maximum Gasteiger partial charge on any atom is 0.251 e. The zero-order chi connectivity index (χ0) is 22.5. The summed E-state index contributed by atoms with van der Waals surface area (Å²) in [7, 11) is 2.23. The predicted molar refractivity (Wildman–Crippen MR) is 133 cm³/mol. The van der Waals surface area contributed by atoms with Gasteiger partial charge in [-0.3, -0.25) is 4.79 Å². The van der Waals surface area contributed by atoms with Gasteiger partial charge in [0.2, 0.25) is 0 Å². The second-order valence-corrected chi connectivity index (χ2v) is 9.40. The number of nitrogens with one attached hydrogen (secondary N) is 1. The van der Waals surface area contributed by atoms with E-state index >= 15 is 0 Å². The number of carbonyl (C=O) groups is 1. The van der Waals surface area contributed by atoms with Crippen molar-refractivity contribution >= 4 is 16.8 Å². The van der Waals surface area contributed by atoms with E-state index in [0.29, 0.717) is 0 Å². The van der Waals surface area contributed by atoms with Crippen molar-refractivity contribution < 1.29 is 4.79 Å². The van der Waals surface area contributed by atoms with Crippen LogP contribution in [0.2, 0.25) is 0 Å². The van der Waals surface area contributed by atoms with Crippen LogP contribution in [-0.2, 0) is 6.54 Å². The van der Waals surface area contributed by atoms with Gasteiger partial charge < -0.3 is 14.8 Å². The van der Waals surface area contributed by atoms with Crippen molar-refractivity contribution in [2.24, 2.45) is 0 Å². The number of hydrogen-bond donors (Lipinski definition) is 1. The zero-order valence-electron chi connectivity index (χ0n) is 19.9. The maximum atomic E-state index is 12.8. The molecule has 1 aromatic heterocycles. The van der Waals surface area contributed by atoms with Crippen molar-refractivity contribution in [3.05, 3.63) is 70.9 Å². The molecular formula is C28H37N3O. The molecule has 1 amide bonds. The summed E-state index contributed by atoms with van der Waals surface area (Å²) in [6.07, 6.45) is 7.75. The lowest BCUT2D eigenvalue weighted by Gasteiger charge is -2.31. The van der Waals surface area contributed by atoms with E-state index in [2.05, 4.69) is 72.1 Å². The van der Waals surface area contributed by atoms with E-state index in [1.54, 1.807) is 0 Å². The van der Waals surface area contributed by atoms with Gasteiger partial charge in [0, 0.05) is 41.3 Å². The van der Waals surface area contributed by atoms with Gasteiger partial charge in [-0.15, -0.1) is 0 Å². The molecule has 0 bridgehead atoms. The largest absolute Gasteiger partial charge is 0.352 e. The van der Waals surface area contributed by atoms with Crippen LogP contribution in [0, 0.1) is 13.8 Å². The van der Waals surface area contributed by atoms with Crippen molar-refractivity contribution in [3.8, 4) is 0 Å². The van der Waals surface area contributed by atoms with E-state index in [0.717, 1.165) is 37.7 Å². The van der Waals surface area contributed by atoms with Crippen LogP contribution in [0.15, 0.2) is 48.5 Å². The summed E-state index contributed by atoms with van der Waals surface area (Å²) in [5.41, 5.74) is 5.73. The Morgan fingerprint density at radius 3 is 2.56 bits per heavy atom. The highest BCUT2D eigenvalue weighted by molar-refractivity contribution is 5.99. The average molecular weight is 432 g/mol. The van der Waals surface area contributed by atoms with Crippen LogP contribution < -0.4 is 5.32 Å². The highest BCUT2D eigenvalue weighted by atomic mass is 16.1. The Morgan fingerprint density at radius 1 is 1.06 bits per heavy atom. The summed E-state index contributed by atoms with van der Waals surface area (Å²) in [6.45, 7) is 6.94. The Balaban J connectivity index is 1.38. The van der Waals surface area contributed by atoms with E-state index < -0.39 is 0 Å². The average Bonchev–Trinajstić information content (AvgIpc) is 3.07. The fourth-order valence-corrected chi connectivity index (χ4v) is 5.10. The highest BCUT2D eigenvalue weighted by Gasteiger charge is 2.18. The minimum atomic E-state index is 0.0279. The molecule has 0 radical (unpaired) electrons. The van der Waals surface area contributed by atoms with Crippen LogP contribution in [0.4, 0.5) is 0 Å². The number of rotatable bonds is 8. The van der Waals surface area contributed by atoms with E-state index in [1.165, 1.54) is 59.8 Å². The monoisotopic (exact) mass is 431 g/mol. The molecule has 3 aromatic rings. The summed E-state index contributed by atoms with van der Waals surface area (Å²) in [6, 6.07) is 17.4. The summed E-state index contributed by atoms with van der Waals surface area (Å²) in [4.78, 5) is 15.3. The standard InChI is InChI=1S/C28H37N3O/c1-21-22(2)31(20-23-11-6-4-7-12-23)27-16-15-24(19-26(21)27)28(32)29-17-10-18-30(3)25-13-8-5-9-14-25/h4,6-7,11-12,15-16,19,25H,5,8-10,13-14,17-18,20H2,1-3H3,(H,29,32). The molecule has 1 heterocycles. The first kappa shape index (κ1) is 22.6. The first-order valence-corrected chi connectivity index (χ1v) is 12.2. The molecule has 1 fully saturated rings. The van der Waals surface area contributed by atoms with Gasteiger partial charge in [-0.25, -0.2) is 0 Å². The van der Waals surface area contributed by atoms with Crippen molar-refractivity contribution in [1.82, 2.24) is 14.8 Å². The zero-order valence-corrected chi connectivity index (χ0v) is 19.9. The fourth-order valence-electron chi connectivity index (χ4n) is 5.10. The van der Waals surface area contributed by atoms with Crippen LogP contribution in [0.3, 0.4) is 0 Å². The lowest BCUT2D eigenvalue weighted by atomic mass is 9.94. The lowest BCUT2D eigenvalue weighted by molar-refractivity contribution is 0.0950. The van der Waals surface area contributed by atoms with Crippen molar-refractivity contribution in [2.45, 2.75) is 65.0 Å². The predicted octanol–water partition coefficient (Wildman–Crippen LogP) is 5.69. The number of fused-ring (bicyclic) bond motifs is 1. The third kappa shape index (κ3) is 5.07. The first-order valence-electron chi connectivity index (χ1n) is 12.2. The van der Waals surface area contributed by atoms with Crippen molar-refractivity contribution in [2.75, 3.05) is 20.1 Å². The first-order chi connectivity index (χ1) is 15.5. The smallest absolute Gasteiger partial charge is 0.251 e. The van der Waals surface area contributed by atoms with Crippen molar-refractivity contribution in [3.63, 3.8) is 0 Å². The molecule has 0 unspecified atom stereocenters. The molecule has 0 spiro atoms. The molecule has 2 aromatic carbocycles. The van der Waals surface area contributed by atoms with Crippen LogP contribution in [0.5, 0.6) is 0 Å². The SMILES string of the molecule is Cc1c(C)n(Cc2ccccc2)c2ccc(C(=O)NCCCN(C)C3CCCCC3)cc12. The Morgan fingerprint density at radius 2 is 1.81 bits per heavy atom. The second-order valence-electron chi connectivity index (χ2n) is 9.40. The molecule has 1 aliphatic carbocycles. The van der Waals surface area contributed by atoms with E-state index in [9.17, 15) is 4.79 Å². The Bertz CT molecular complexity index is 1050. The van der Waals surface area contributed by atoms with Gasteiger partial charge in [-0.2, -0.15) is 0 Å². The summed E-state index contributed by atoms with van der Waals surface area (Å²) in [5, 5.41) is 4.30. The highest BCUT2D eigenvalue weighted by Crippen LogP contribution is 2.27. The maximum absolute atomic E-state index is 12.8. The fraction of sp³-hybridized carbons (Fsp3) is 0.464. The third-order valence-electron chi connectivity index (χ3n) is 7.26. The quantitative estimate of drug-likeness (QED) is 0.465. The minimum Gasteiger partial charge on any atom is -0.352 e. The summed E-state index contributed by atoms with van der Waals surface area (Å²) >= 11 is 0. The molecule has 0 saturated heterocycles. The normalized spacial score (nSPS) is 14.9. The second kappa shape index (κ2) is 10.4. The van der Waals surface area contributed by atoms with Gasteiger partial charge in [0.05, 0.1) is 0 Å². The van der Waals surface area contributed by atoms with E-state index in [-0.39, 0.29) is 5.91 Å². The van der Waals surface area contributed by atoms with E-state index in [1.807, 2.05) is 12.1 Å². The number of amides is 1. The van der Waals surface area contributed by atoms with Gasteiger partial charge in [0.25, 0.3) is 5.91 Å². The number of benzene rings is 2. The molecule has 4 heteroatoms. The van der Waals surface area contributed by atoms with Crippen molar-refractivity contribution in [1.29, 1.82) is 0 Å². The molecule has 4 rings (SSSR count). The van der Waals surface area contributed by atoms with Gasteiger partial charge in [0.15, 0.2) is 0 Å². The molecule has 0 aliphatic heterocycles. The Hall–Kier alpha value is -2.59. The van der Waals surface area contributed by atoms with Crippen LogP contribution in [0.1, 0.15) is 65.7 Å². The topological polar surface area (TPSA) is 37.3 Å². The molecular weight excluding hydrogens is 394 g/mol. The lowest BCUT2D eigenvalue weighted by Crippen LogP contribution is -2.35. The molecule has 1 aliphatic rings. The molecule has 1 saturated carbocycles.